The molecule has 90 valence electrons. The standard InChI is InChI=1S/C9H17N5O2/c1-3-14(4-2)6-5-11-9(15)7-8(10)13-16-12-7/h3-6H2,1-2H3,(H2,10,13)(H,11,15). The summed E-state index contributed by atoms with van der Waals surface area (Å²) in [6, 6.07) is 0. The van der Waals surface area contributed by atoms with E-state index >= 15 is 0 Å². The lowest BCUT2D eigenvalue weighted by molar-refractivity contribution is 0.0939. The molecule has 1 aromatic rings. The van der Waals surface area contributed by atoms with Crippen LogP contribution >= 0.6 is 0 Å². The summed E-state index contributed by atoms with van der Waals surface area (Å²) < 4.78 is 4.34. The van der Waals surface area contributed by atoms with Crippen LogP contribution in [0.15, 0.2) is 4.63 Å². The van der Waals surface area contributed by atoms with Gasteiger partial charge in [0.25, 0.3) is 5.91 Å². The number of aromatic nitrogens is 2. The van der Waals surface area contributed by atoms with Crippen molar-refractivity contribution in [1.82, 2.24) is 20.5 Å². The molecule has 0 aliphatic heterocycles. The number of amides is 1. The molecule has 3 N–H and O–H groups in total. The van der Waals surface area contributed by atoms with Gasteiger partial charge in [0.2, 0.25) is 11.5 Å². The molecule has 0 aliphatic carbocycles. The number of nitrogens with zero attached hydrogens (tertiary/aromatic N) is 3. The zero-order valence-electron chi connectivity index (χ0n) is 9.56. The van der Waals surface area contributed by atoms with Crippen LogP contribution in [-0.4, -0.2) is 47.3 Å². The van der Waals surface area contributed by atoms with Crippen LogP contribution in [0.1, 0.15) is 24.3 Å². The first-order chi connectivity index (χ1) is 7.69. The highest BCUT2D eigenvalue weighted by atomic mass is 16.6. The summed E-state index contributed by atoms with van der Waals surface area (Å²) in [7, 11) is 0. The molecule has 0 radical (unpaired) electrons. The Hall–Kier alpha value is -1.63. The van der Waals surface area contributed by atoms with Crippen LogP contribution < -0.4 is 11.1 Å². The third-order valence-electron chi connectivity index (χ3n) is 2.34. The SMILES string of the molecule is CCN(CC)CCNC(=O)c1nonc1N. The molecule has 16 heavy (non-hydrogen) atoms. The van der Waals surface area contributed by atoms with Gasteiger partial charge >= 0.3 is 0 Å². The molecule has 0 saturated heterocycles. The Kier molecular flexibility index (Phi) is 4.71. The Morgan fingerprint density at radius 1 is 1.44 bits per heavy atom. The Morgan fingerprint density at radius 2 is 2.12 bits per heavy atom. The van der Waals surface area contributed by atoms with E-state index in [0.717, 1.165) is 19.6 Å². The largest absolute Gasteiger partial charge is 0.379 e. The van der Waals surface area contributed by atoms with Crippen LogP contribution in [0.25, 0.3) is 0 Å². The molecule has 0 bridgehead atoms. The Labute approximate surface area is 93.9 Å². The van der Waals surface area contributed by atoms with Crippen molar-refractivity contribution >= 4 is 11.7 Å². The van der Waals surface area contributed by atoms with E-state index in [9.17, 15) is 4.79 Å². The van der Waals surface area contributed by atoms with E-state index < -0.39 is 0 Å². The second-order valence-electron chi connectivity index (χ2n) is 3.28. The monoisotopic (exact) mass is 227 g/mol. The van der Waals surface area contributed by atoms with Gasteiger partial charge in [0.1, 0.15) is 0 Å². The Bertz CT molecular complexity index is 334. The van der Waals surface area contributed by atoms with Crippen molar-refractivity contribution in [3.63, 3.8) is 0 Å². The van der Waals surface area contributed by atoms with Crippen molar-refractivity contribution in [2.24, 2.45) is 0 Å². The molecule has 0 spiro atoms. The molecular formula is C9H17N5O2. The van der Waals surface area contributed by atoms with E-state index in [-0.39, 0.29) is 17.4 Å². The summed E-state index contributed by atoms with van der Waals surface area (Å²) in [5, 5.41) is 9.45. The van der Waals surface area contributed by atoms with E-state index in [2.05, 4.69) is 39.0 Å². The summed E-state index contributed by atoms with van der Waals surface area (Å²) >= 11 is 0. The summed E-state index contributed by atoms with van der Waals surface area (Å²) in [4.78, 5) is 13.7. The van der Waals surface area contributed by atoms with Gasteiger partial charge in [0.05, 0.1) is 0 Å². The topological polar surface area (TPSA) is 97.3 Å². The third kappa shape index (κ3) is 3.20. The zero-order chi connectivity index (χ0) is 12.0. The number of likely N-dealkylation sites (N-methyl/N-ethyl adjacent to an activating group) is 1. The maximum Gasteiger partial charge on any atom is 0.277 e. The van der Waals surface area contributed by atoms with E-state index in [1.54, 1.807) is 0 Å². The highest BCUT2D eigenvalue weighted by molar-refractivity contribution is 5.95. The number of hydrogen-bond acceptors (Lipinski definition) is 6. The smallest absolute Gasteiger partial charge is 0.277 e. The highest BCUT2D eigenvalue weighted by Crippen LogP contribution is 2.02. The fraction of sp³-hybridized carbons (Fsp3) is 0.667. The third-order valence-corrected chi connectivity index (χ3v) is 2.34. The zero-order valence-corrected chi connectivity index (χ0v) is 9.56. The first-order valence-electron chi connectivity index (χ1n) is 5.27. The first kappa shape index (κ1) is 12.4. The minimum absolute atomic E-state index is 0.0142. The number of rotatable bonds is 6. The molecule has 0 saturated carbocycles. The van der Waals surface area contributed by atoms with Gasteiger partial charge in [-0.1, -0.05) is 13.8 Å². The van der Waals surface area contributed by atoms with Gasteiger partial charge in [0, 0.05) is 13.1 Å². The average Bonchev–Trinajstić information content (AvgIpc) is 2.70. The van der Waals surface area contributed by atoms with Crippen molar-refractivity contribution in [2.45, 2.75) is 13.8 Å². The van der Waals surface area contributed by atoms with Crippen molar-refractivity contribution in [3.05, 3.63) is 5.69 Å². The Balaban J connectivity index is 2.34. The predicted molar refractivity (Wildman–Crippen MR) is 58.8 cm³/mol. The fourth-order valence-corrected chi connectivity index (χ4v) is 1.30. The lowest BCUT2D eigenvalue weighted by Crippen LogP contribution is -2.35. The molecule has 1 amide bonds. The van der Waals surface area contributed by atoms with Gasteiger partial charge in [-0.15, -0.1) is 0 Å². The number of nitrogens with two attached hydrogens (primary N) is 1. The van der Waals surface area contributed by atoms with Gasteiger partial charge < -0.3 is 16.0 Å². The summed E-state index contributed by atoms with van der Waals surface area (Å²) in [5.41, 5.74) is 5.43. The molecule has 0 aliphatic rings. The average molecular weight is 227 g/mol. The number of carbonyl (C=O) groups is 1. The molecular weight excluding hydrogens is 210 g/mol. The van der Waals surface area contributed by atoms with Gasteiger partial charge in [-0.2, -0.15) is 0 Å². The minimum atomic E-state index is -0.356. The van der Waals surface area contributed by atoms with E-state index in [1.165, 1.54) is 0 Å². The molecule has 1 heterocycles. The molecule has 7 nitrogen and oxygen atoms in total. The second-order valence-corrected chi connectivity index (χ2v) is 3.28. The lowest BCUT2D eigenvalue weighted by atomic mass is 10.4. The van der Waals surface area contributed by atoms with E-state index in [1.807, 2.05) is 0 Å². The van der Waals surface area contributed by atoms with Gasteiger partial charge in [0.15, 0.2) is 0 Å². The quantitative estimate of drug-likeness (QED) is 0.694. The summed E-state index contributed by atoms with van der Waals surface area (Å²) in [5.74, 6) is -0.341. The molecule has 0 aromatic carbocycles. The number of nitrogens with one attached hydrogen (secondary N) is 1. The maximum absolute atomic E-state index is 11.5. The van der Waals surface area contributed by atoms with Crippen molar-refractivity contribution < 1.29 is 9.42 Å². The second kappa shape index (κ2) is 6.06. The first-order valence-corrected chi connectivity index (χ1v) is 5.27. The predicted octanol–water partition coefficient (Wildman–Crippen LogP) is -0.277. The summed E-state index contributed by atoms with van der Waals surface area (Å²) in [6.45, 7) is 7.41. The van der Waals surface area contributed by atoms with Crippen LogP contribution in [0.3, 0.4) is 0 Å². The van der Waals surface area contributed by atoms with Crippen LogP contribution in [0, 0.1) is 0 Å². The maximum atomic E-state index is 11.5. The van der Waals surface area contributed by atoms with Crippen LogP contribution in [0.5, 0.6) is 0 Å². The minimum Gasteiger partial charge on any atom is -0.379 e. The van der Waals surface area contributed by atoms with Crippen LogP contribution in [0.4, 0.5) is 5.82 Å². The van der Waals surface area contributed by atoms with Crippen molar-refractivity contribution in [2.75, 3.05) is 31.9 Å². The van der Waals surface area contributed by atoms with Crippen LogP contribution in [0.2, 0.25) is 0 Å². The van der Waals surface area contributed by atoms with Gasteiger partial charge in [-0.05, 0) is 23.4 Å². The summed E-state index contributed by atoms with van der Waals surface area (Å²) in [6.07, 6.45) is 0. The van der Waals surface area contributed by atoms with Crippen molar-refractivity contribution in [1.29, 1.82) is 0 Å². The molecule has 7 heteroatoms. The molecule has 1 aromatic heterocycles. The molecule has 0 fully saturated rings. The fourth-order valence-electron chi connectivity index (χ4n) is 1.30. The van der Waals surface area contributed by atoms with E-state index in [0.29, 0.717) is 6.54 Å². The molecule has 0 unspecified atom stereocenters. The van der Waals surface area contributed by atoms with Gasteiger partial charge in [-0.25, -0.2) is 4.63 Å². The number of anilines is 1. The van der Waals surface area contributed by atoms with Crippen molar-refractivity contribution in [3.8, 4) is 0 Å². The molecule has 1 rings (SSSR count). The van der Waals surface area contributed by atoms with Crippen LogP contribution in [-0.2, 0) is 0 Å². The number of carbonyl (C=O) groups excluding carboxylic acids is 1. The Morgan fingerprint density at radius 3 is 2.62 bits per heavy atom. The number of nitrogen functional groups attached to an aromatic ring is 1. The lowest BCUT2D eigenvalue weighted by Gasteiger charge is -2.17. The molecule has 0 atom stereocenters. The van der Waals surface area contributed by atoms with E-state index in [4.69, 9.17) is 5.73 Å². The normalized spacial score (nSPS) is 10.7. The number of hydrogen-bond donors (Lipinski definition) is 2. The highest BCUT2D eigenvalue weighted by Gasteiger charge is 2.15. The van der Waals surface area contributed by atoms with Gasteiger partial charge in [-0.3, -0.25) is 4.79 Å².